The summed E-state index contributed by atoms with van der Waals surface area (Å²) in [5.74, 6) is -0.518. The number of esters is 1. The standard InChI is InChI=1S/C16H20ClN3O5/c1-3-25-16(23)20-8-6-19(7-9-20)15(22)18-13-10-11(14(21)24-2)4-5-12(13)17/h4-5,10H,3,6-9H2,1-2H3,(H,18,22). The number of hydrogen-bond acceptors (Lipinski definition) is 5. The van der Waals surface area contributed by atoms with Gasteiger partial charge in [0.15, 0.2) is 0 Å². The van der Waals surface area contributed by atoms with Gasteiger partial charge in [0.2, 0.25) is 0 Å². The van der Waals surface area contributed by atoms with E-state index in [1.165, 1.54) is 25.3 Å². The van der Waals surface area contributed by atoms with Gasteiger partial charge in [-0.05, 0) is 25.1 Å². The highest BCUT2D eigenvalue weighted by atomic mass is 35.5. The molecule has 136 valence electrons. The highest BCUT2D eigenvalue weighted by Gasteiger charge is 2.25. The van der Waals surface area contributed by atoms with Crippen LogP contribution >= 0.6 is 11.6 Å². The maximum absolute atomic E-state index is 12.4. The number of hydrogen-bond donors (Lipinski definition) is 1. The van der Waals surface area contributed by atoms with Crippen LogP contribution in [0.3, 0.4) is 0 Å². The van der Waals surface area contributed by atoms with E-state index < -0.39 is 5.97 Å². The Morgan fingerprint density at radius 3 is 2.40 bits per heavy atom. The van der Waals surface area contributed by atoms with Crippen LogP contribution in [0.4, 0.5) is 15.3 Å². The highest BCUT2D eigenvalue weighted by molar-refractivity contribution is 6.33. The fraction of sp³-hybridized carbons (Fsp3) is 0.438. The smallest absolute Gasteiger partial charge is 0.409 e. The summed E-state index contributed by atoms with van der Waals surface area (Å²) < 4.78 is 9.59. The molecule has 0 aliphatic carbocycles. The maximum atomic E-state index is 12.4. The van der Waals surface area contributed by atoms with Crippen LogP contribution in [-0.2, 0) is 9.47 Å². The zero-order chi connectivity index (χ0) is 18.4. The fourth-order valence-corrected chi connectivity index (χ4v) is 2.53. The SMILES string of the molecule is CCOC(=O)N1CCN(C(=O)Nc2cc(C(=O)OC)ccc2Cl)CC1. The molecule has 1 heterocycles. The van der Waals surface area contributed by atoms with E-state index >= 15 is 0 Å². The Morgan fingerprint density at radius 1 is 1.16 bits per heavy atom. The molecule has 1 aliphatic heterocycles. The third-order valence-corrected chi connectivity index (χ3v) is 4.05. The average Bonchev–Trinajstić information content (AvgIpc) is 2.63. The minimum atomic E-state index is -0.518. The normalized spacial score (nSPS) is 14.0. The van der Waals surface area contributed by atoms with Gasteiger partial charge in [-0.2, -0.15) is 0 Å². The van der Waals surface area contributed by atoms with Crippen LogP contribution in [0.5, 0.6) is 0 Å². The zero-order valence-corrected chi connectivity index (χ0v) is 14.8. The van der Waals surface area contributed by atoms with Crippen LogP contribution < -0.4 is 5.32 Å². The Morgan fingerprint density at radius 2 is 1.80 bits per heavy atom. The Kier molecular flexibility index (Phi) is 6.46. The quantitative estimate of drug-likeness (QED) is 0.827. The first-order valence-corrected chi connectivity index (χ1v) is 8.19. The van der Waals surface area contributed by atoms with Crippen LogP contribution in [0, 0.1) is 0 Å². The Bertz CT molecular complexity index is 659. The number of carbonyl (C=O) groups is 3. The predicted octanol–water partition coefficient (Wildman–Crippen LogP) is 2.43. The number of halogens is 1. The van der Waals surface area contributed by atoms with E-state index in [1.807, 2.05) is 0 Å². The number of nitrogens with one attached hydrogen (secondary N) is 1. The average molecular weight is 370 g/mol. The molecule has 1 N–H and O–H groups in total. The topological polar surface area (TPSA) is 88.2 Å². The van der Waals surface area contributed by atoms with Crippen LogP contribution in [0.2, 0.25) is 5.02 Å². The number of urea groups is 1. The largest absolute Gasteiger partial charge is 0.465 e. The van der Waals surface area contributed by atoms with Crippen molar-refractivity contribution in [1.82, 2.24) is 9.80 Å². The fourth-order valence-electron chi connectivity index (χ4n) is 2.37. The van der Waals surface area contributed by atoms with Gasteiger partial charge in [-0.3, -0.25) is 0 Å². The molecule has 1 aliphatic rings. The second kappa shape index (κ2) is 8.57. The minimum Gasteiger partial charge on any atom is -0.465 e. The van der Waals surface area contributed by atoms with Crippen molar-refractivity contribution in [3.8, 4) is 0 Å². The van der Waals surface area contributed by atoms with Crippen molar-refractivity contribution in [3.63, 3.8) is 0 Å². The molecular weight excluding hydrogens is 350 g/mol. The first kappa shape index (κ1) is 18.9. The summed E-state index contributed by atoms with van der Waals surface area (Å²) in [5, 5.41) is 2.99. The van der Waals surface area contributed by atoms with E-state index in [4.69, 9.17) is 16.3 Å². The third kappa shape index (κ3) is 4.76. The maximum Gasteiger partial charge on any atom is 0.409 e. The Labute approximate surface area is 150 Å². The minimum absolute atomic E-state index is 0.286. The van der Waals surface area contributed by atoms with E-state index in [0.717, 1.165) is 0 Å². The third-order valence-electron chi connectivity index (χ3n) is 3.72. The molecular formula is C16H20ClN3O5. The number of rotatable bonds is 3. The summed E-state index contributed by atoms with van der Waals surface area (Å²) in [6.45, 7) is 3.59. The van der Waals surface area contributed by atoms with Crippen molar-refractivity contribution in [1.29, 1.82) is 0 Å². The van der Waals surface area contributed by atoms with Gasteiger partial charge in [-0.25, -0.2) is 14.4 Å². The number of amides is 3. The van der Waals surface area contributed by atoms with E-state index in [9.17, 15) is 14.4 Å². The molecule has 0 spiro atoms. The van der Waals surface area contributed by atoms with Crippen LogP contribution in [0.1, 0.15) is 17.3 Å². The second-order valence-corrected chi connectivity index (χ2v) is 5.70. The number of methoxy groups -OCH3 is 1. The van der Waals surface area contributed by atoms with Gasteiger partial charge in [-0.15, -0.1) is 0 Å². The molecule has 1 aromatic carbocycles. The Hall–Kier alpha value is -2.48. The summed E-state index contributed by atoms with van der Waals surface area (Å²) in [6.07, 6.45) is -0.378. The number of anilines is 1. The second-order valence-electron chi connectivity index (χ2n) is 5.29. The van der Waals surface area contributed by atoms with E-state index in [0.29, 0.717) is 43.5 Å². The molecule has 1 saturated heterocycles. The van der Waals surface area contributed by atoms with E-state index in [2.05, 4.69) is 10.1 Å². The lowest BCUT2D eigenvalue weighted by Gasteiger charge is -2.34. The summed E-state index contributed by atoms with van der Waals surface area (Å²) in [7, 11) is 1.28. The van der Waals surface area contributed by atoms with Crippen molar-refractivity contribution in [2.45, 2.75) is 6.92 Å². The van der Waals surface area contributed by atoms with Crippen molar-refractivity contribution in [2.75, 3.05) is 45.2 Å². The predicted molar refractivity (Wildman–Crippen MR) is 92.0 cm³/mol. The number of benzene rings is 1. The lowest BCUT2D eigenvalue weighted by molar-refractivity contribution is 0.0600. The molecule has 0 aromatic heterocycles. The van der Waals surface area contributed by atoms with Crippen LogP contribution in [0.15, 0.2) is 18.2 Å². The van der Waals surface area contributed by atoms with Gasteiger partial charge in [0, 0.05) is 26.2 Å². The Balaban J connectivity index is 1.97. The van der Waals surface area contributed by atoms with Crippen molar-refractivity contribution in [2.24, 2.45) is 0 Å². The lowest BCUT2D eigenvalue weighted by Crippen LogP contribution is -2.51. The summed E-state index contributed by atoms with van der Waals surface area (Å²) >= 11 is 6.07. The van der Waals surface area contributed by atoms with Crippen LogP contribution in [-0.4, -0.2) is 67.8 Å². The van der Waals surface area contributed by atoms with Gasteiger partial charge in [0.25, 0.3) is 0 Å². The molecule has 1 fully saturated rings. The molecule has 8 nitrogen and oxygen atoms in total. The molecule has 0 atom stereocenters. The summed E-state index contributed by atoms with van der Waals surface area (Å²) in [5.41, 5.74) is 0.608. The first-order chi connectivity index (χ1) is 12.0. The van der Waals surface area contributed by atoms with E-state index in [-0.39, 0.29) is 17.7 Å². The summed E-state index contributed by atoms with van der Waals surface area (Å²) in [6, 6.07) is 4.14. The molecule has 0 radical (unpaired) electrons. The molecule has 3 amide bonds. The van der Waals surface area contributed by atoms with Gasteiger partial charge in [-0.1, -0.05) is 11.6 Å². The zero-order valence-electron chi connectivity index (χ0n) is 14.1. The van der Waals surface area contributed by atoms with Crippen molar-refractivity contribution < 1.29 is 23.9 Å². The molecule has 25 heavy (non-hydrogen) atoms. The lowest BCUT2D eigenvalue weighted by atomic mass is 10.2. The molecule has 1 aromatic rings. The number of nitrogens with zero attached hydrogens (tertiary/aromatic N) is 2. The van der Waals surface area contributed by atoms with Gasteiger partial charge < -0.3 is 24.6 Å². The summed E-state index contributed by atoms with van der Waals surface area (Å²) in [4.78, 5) is 38.7. The molecule has 2 rings (SSSR count). The van der Waals surface area contributed by atoms with Gasteiger partial charge in [0.05, 0.1) is 30.0 Å². The molecule has 0 unspecified atom stereocenters. The monoisotopic (exact) mass is 369 g/mol. The molecule has 0 saturated carbocycles. The highest BCUT2D eigenvalue weighted by Crippen LogP contribution is 2.24. The number of piperazine rings is 1. The van der Waals surface area contributed by atoms with Gasteiger partial charge >= 0.3 is 18.1 Å². The van der Waals surface area contributed by atoms with Crippen molar-refractivity contribution >= 4 is 35.4 Å². The van der Waals surface area contributed by atoms with Crippen LogP contribution in [0.25, 0.3) is 0 Å². The van der Waals surface area contributed by atoms with Crippen molar-refractivity contribution in [3.05, 3.63) is 28.8 Å². The first-order valence-electron chi connectivity index (χ1n) is 7.81. The van der Waals surface area contributed by atoms with Gasteiger partial charge in [0.1, 0.15) is 0 Å². The number of carbonyl (C=O) groups excluding carboxylic acids is 3. The molecule has 0 bridgehead atoms. The number of ether oxygens (including phenoxy) is 2. The van der Waals surface area contributed by atoms with E-state index in [1.54, 1.807) is 16.7 Å². The molecule has 9 heteroatoms.